The van der Waals surface area contributed by atoms with E-state index in [-0.39, 0.29) is 23.6 Å². The van der Waals surface area contributed by atoms with Crippen molar-refractivity contribution < 1.29 is 10.2 Å². The standard InChI is InChI=1S/C24H20N4O2S/c29-17-12-10-16(11-13-17)27-15-5-8-20(27)23-22(18-6-3-4-14-25-18)26-24(31)28(23)19-7-1-2-9-21(19)30/h1-15,22-23,29-30H,(H,26,31)/t22-,23-/m0/s1. The highest BCUT2D eigenvalue weighted by atomic mass is 32.1. The summed E-state index contributed by atoms with van der Waals surface area (Å²) in [5, 5.41) is 24.2. The molecule has 0 amide bonds. The number of aromatic nitrogens is 2. The smallest absolute Gasteiger partial charge is 0.174 e. The molecule has 0 spiro atoms. The van der Waals surface area contributed by atoms with E-state index < -0.39 is 0 Å². The number of hydrogen-bond donors (Lipinski definition) is 3. The zero-order chi connectivity index (χ0) is 21.4. The van der Waals surface area contributed by atoms with Crippen molar-refractivity contribution >= 4 is 23.0 Å². The second-order valence-corrected chi connectivity index (χ2v) is 7.69. The monoisotopic (exact) mass is 428 g/mol. The van der Waals surface area contributed by atoms with E-state index in [2.05, 4.69) is 14.9 Å². The average Bonchev–Trinajstić information content (AvgIpc) is 3.40. The molecule has 3 N–H and O–H groups in total. The van der Waals surface area contributed by atoms with Crippen LogP contribution in [0.5, 0.6) is 11.5 Å². The van der Waals surface area contributed by atoms with Crippen LogP contribution in [0.15, 0.2) is 91.3 Å². The second-order valence-electron chi connectivity index (χ2n) is 7.30. The number of anilines is 1. The number of pyridine rings is 1. The number of phenolic OH excluding ortho intramolecular Hbond substituents is 2. The van der Waals surface area contributed by atoms with Gasteiger partial charge in [0.2, 0.25) is 0 Å². The molecule has 1 aliphatic heterocycles. The van der Waals surface area contributed by atoms with Crippen molar-refractivity contribution in [2.75, 3.05) is 4.90 Å². The van der Waals surface area contributed by atoms with Crippen LogP contribution < -0.4 is 10.2 Å². The van der Waals surface area contributed by atoms with Gasteiger partial charge in [0.15, 0.2) is 5.11 Å². The number of nitrogens with zero attached hydrogens (tertiary/aromatic N) is 3. The lowest BCUT2D eigenvalue weighted by Gasteiger charge is -2.29. The Kier molecular flexibility index (Phi) is 4.80. The number of nitrogens with one attached hydrogen (secondary N) is 1. The maximum absolute atomic E-state index is 10.6. The Labute approximate surface area is 185 Å². The van der Waals surface area contributed by atoms with Crippen molar-refractivity contribution in [3.05, 3.63) is 103 Å². The minimum Gasteiger partial charge on any atom is -0.508 e. The summed E-state index contributed by atoms with van der Waals surface area (Å²) in [6, 6.07) is 23.5. The van der Waals surface area contributed by atoms with Crippen LogP contribution in [0.2, 0.25) is 0 Å². The molecule has 7 heteroatoms. The molecule has 1 aliphatic rings. The van der Waals surface area contributed by atoms with Crippen LogP contribution in [-0.4, -0.2) is 24.9 Å². The number of para-hydroxylation sites is 2. The Morgan fingerprint density at radius 1 is 0.871 bits per heavy atom. The molecule has 0 saturated carbocycles. The van der Waals surface area contributed by atoms with Gasteiger partial charge in [0.1, 0.15) is 17.5 Å². The van der Waals surface area contributed by atoms with Crippen LogP contribution >= 0.6 is 12.2 Å². The minimum atomic E-state index is -0.264. The number of benzene rings is 2. The van der Waals surface area contributed by atoms with Gasteiger partial charge in [-0.2, -0.15) is 0 Å². The molecule has 0 radical (unpaired) electrons. The third-order valence-electron chi connectivity index (χ3n) is 5.45. The van der Waals surface area contributed by atoms with Crippen LogP contribution in [0.3, 0.4) is 0 Å². The van der Waals surface area contributed by atoms with E-state index >= 15 is 0 Å². The van der Waals surface area contributed by atoms with E-state index in [1.54, 1.807) is 30.5 Å². The number of aromatic hydroxyl groups is 2. The Hall–Kier alpha value is -3.84. The third kappa shape index (κ3) is 3.39. The maximum Gasteiger partial charge on any atom is 0.174 e. The SMILES string of the molecule is Oc1ccc(-n2cccc2[C@H]2[C@H](c3ccccn3)NC(=S)N2c2ccccc2O)cc1. The summed E-state index contributed by atoms with van der Waals surface area (Å²) in [5.74, 6) is 0.365. The molecule has 4 aromatic rings. The third-order valence-corrected chi connectivity index (χ3v) is 5.77. The number of thiocarbonyl (C=S) groups is 1. The van der Waals surface area contributed by atoms with Gasteiger partial charge >= 0.3 is 0 Å². The molecule has 0 bridgehead atoms. The molecule has 0 aliphatic carbocycles. The molecule has 5 rings (SSSR count). The van der Waals surface area contributed by atoms with Crippen molar-refractivity contribution in [2.45, 2.75) is 12.1 Å². The van der Waals surface area contributed by atoms with Crippen LogP contribution in [0.25, 0.3) is 5.69 Å². The van der Waals surface area contributed by atoms with Gasteiger partial charge < -0.3 is 25.0 Å². The first-order chi connectivity index (χ1) is 15.1. The Balaban J connectivity index is 1.68. The Bertz CT molecular complexity index is 1220. The zero-order valence-electron chi connectivity index (χ0n) is 16.5. The van der Waals surface area contributed by atoms with Gasteiger partial charge in [0.05, 0.1) is 17.4 Å². The molecule has 1 saturated heterocycles. The molecule has 2 aromatic heterocycles. The van der Waals surface area contributed by atoms with Crippen LogP contribution in [0, 0.1) is 0 Å². The van der Waals surface area contributed by atoms with Crippen LogP contribution in [0.1, 0.15) is 23.5 Å². The summed E-state index contributed by atoms with van der Waals surface area (Å²) >= 11 is 5.72. The van der Waals surface area contributed by atoms with Crippen molar-refractivity contribution in [1.82, 2.24) is 14.9 Å². The fraction of sp³-hybridized carbons (Fsp3) is 0.0833. The fourth-order valence-corrected chi connectivity index (χ4v) is 4.41. The first-order valence-corrected chi connectivity index (χ1v) is 10.3. The Morgan fingerprint density at radius 2 is 1.65 bits per heavy atom. The highest BCUT2D eigenvalue weighted by Gasteiger charge is 2.42. The summed E-state index contributed by atoms with van der Waals surface area (Å²) in [5.41, 5.74) is 3.36. The number of phenols is 2. The van der Waals surface area contributed by atoms with Crippen molar-refractivity contribution in [3.8, 4) is 17.2 Å². The van der Waals surface area contributed by atoms with Gasteiger partial charge in [0, 0.05) is 23.8 Å². The predicted octanol–water partition coefficient (Wildman–Crippen LogP) is 4.46. The van der Waals surface area contributed by atoms with Crippen LogP contribution in [-0.2, 0) is 0 Å². The summed E-state index contributed by atoms with van der Waals surface area (Å²) < 4.78 is 2.06. The molecular formula is C24H20N4O2S. The van der Waals surface area contributed by atoms with E-state index in [9.17, 15) is 10.2 Å². The van der Waals surface area contributed by atoms with Gasteiger partial charge in [-0.15, -0.1) is 0 Å². The summed E-state index contributed by atoms with van der Waals surface area (Å²) in [7, 11) is 0. The normalized spacial score (nSPS) is 18.2. The zero-order valence-corrected chi connectivity index (χ0v) is 17.3. The summed E-state index contributed by atoms with van der Waals surface area (Å²) in [6.45, 7) is 0. The van der Waals surface area contributed by atoms with E-state index in [4.69, 9.17) is 12.2 Å². The fourth-order valence-electron chi connectivity index (χ4n) is 4.07. The lowest BCUT2D eigenvalue weighted by atomic mass is 10.0. The minimum absolute atomic E-state index is 0.154. The summed E-state index contributed by atoms with van der Waals surface area (Å²) in [4.78, 5) is 6.51. The van der Waals surface area contributed by atoms with E-state index in [0.717, 1.165) is 17.1 Å². The first-order valence-electron chi connectivity index (χ1n) is 9.89. The van der Waals surface area contributed by atoms with Gasteiger partial charge in [0.25, 0.3) is 0 Å². The molecule has 2 atom stereocenters. The number of hydrogen-bond acceptors (Lipinski definition) is 4. The van der Waals surface area contributed by atoms with Gasteiger partial charge in [-0.25, -0.2) is 0 Å². The van der Waals surface area contributed by atoms with Gasteiger partial charge in [-0.1, -0.05) is 18.2 Å². The van der Waals surface area contributed by atoms with Crippen molar-refractivity contribution in [3.63, 3.8) is 0 Å². The molecule has 0 unspecified atom stereocenters. The van der Waals surface area contributed by atoms with E-state index in [1.165, 1.54) is 0 Å². The molecule has 6 nitrogen and oxygen atoms in total. The molecule has 1 fully saturated rings. The van der Waals surface area contributed by atoms with Crippen molar-refractivity contribution in [1.29, 1.82) is 0 Å². The molecular weight excluding hydrogens is 408 g/mol. The van der Waals surface area contributed by atoms with Crippen LogP contribution in [0.4, 0.5) is 5.69 Å². The van der Waals surface area contributed by atoms with E-state index in [0.29, 0.717) is 10.8 Å². The molecule has 2 aromatic carbocycles. The highest BCUT2D eigenvalue weighted by Crippen LogP contribution is 2.44. The van der Waals surface area contributed by atoms with Gasteiger partial charge in [-0.05, 0) is 72.9 Å². The predicted molar refractivity (Wildman–Crippen MR) is 123 cm³/mol. The van der Waals surface area contributed by atoms with Crippen molar-refractivity contribution in [2.24, 2.45) is 0 Å². The topological polar surface area (TPSA) is 73.5 Å². The largest absolute Gasteiger partial charge is 0.508 e. The first kappa shape index (κ1) is 19.1. The molecule has 31 heavy (non-hydrogen) atoms. The average molecular weight is 429 g/mol. The lowest BCUT2D eigenvalue weighted by molar-refractivity contribution is 0.471. The molecule has 3 heterocycles. The lowest BCUT2D eigenvalue weighted by Crippen LogP contribution is -2.30. The highest BCUT2D eigenvalue weighted by molar-refractivity contribution is 7.80. The van der Waals surface area contributed by atoms with E-state index in [1.807, 2.05) is 65.7 Å². The quantitative estimate of drug-likeness (QED) is 0.417. The van der Waals surface area contributed by atoms with Gasteiger partial charge in [-0.3, -0.25) is 4.98 Å². The maximum atomic E-state index is 10.6. The number of rotatable bonds is 4. The molecule has 154 valence electrons. The summed E-state index contributed by atoms with van der Waals surface area (Å²) in [6.07, 6.45) is 3.74. The Morgan fingerprint density at radius 3 is 2.39 bits per heavy atom. The second kappa shape index (κ2) is 7.77.